The number of hydrogen-bond acceptors (Lipinski definition) is 3. The van der Waals surface area contributed by atoms with Crippen molar-refractivity contribution in [2.75, 3.05) is 5.73 Å². The topological polar surface area (TPSA) is 93.2 Å². The van der Waals surface area contributed by atoms with Crippen LogP contribution in [0.15, 0.2) is 42.6 Å². The van der Waals surface area contributed by atoms with Gasteiger partial charge in [0, 0.05) is 24.0 Å². The van der Waals surface area contributed by atoms with E-state index in [1.54, 1.807) is 12.1 Å². The van der Waals surface area contributed by atoms with Gasteiger partial charge in [0.1, 0.15) is 5.69 Å². The van der Waals surface area contributed by atoms with E-state index in [1.807, 2.05) is 19.1 Å². The second kappa shape index (κ2) is 6.83. The van der Waals surface area contributed by atoms with Crippen LogP contribution in [-0.4, -0.2) is 21.0 Å². The Balaban J connectivity index is 1.96. The minimum absolute atomic E-state index is 0.00904. The second-order valence-corrected chi connectivity index (χ2v) is 5.78. The van der Waals surface area contributed by atoms with E-state index < -0.39 is 17.7 Å². The number of anilines is 1. The maximum Gasteiger partial charge on any atom is 0.404 e. The number of carboxylic acid groups (broad SMARTS) is 1. The molecule has 2 aromatic carbocycles. The Kier molecular flexibility index (Phi) is 4.57. The summed E-state index contributed by atoms with van der Waals surface area (Å²) in [4.78, 5) is 10.7. The van der Waals surface area contributed by atoms with Crippen LogP contribution in [0.25, 0.3) is 16.9 Å². The van der Waals surface area contributed by atoms with Crippen molar-refractivity contribution in [2.45, 2.75) is 13.5 Å². The zero-order valence-electron chi connectivity index (χ0n) is 13.8. The molecular weight excluding hydrogens is 342 g/mol. The number of carbonyl (C=O) groups is 1. The van der Waals surface area contributed by atoms with Gasteiger partial charge in [0.25, 0.3) is 0 Å². The highest BCUT2D eigenvalue weighted by Crippen LogP contribution is 2.25. The summed E-state index contributed by atoms with van der Waals surface area (Å²) in [6, 6.07) is 9.10. The van der Waals surface area contributed by atoms with E-state index in [9.17, 15) is 13.6 Å². The summed E-state index contributed by atoms with van der Waals surface area (Å²) in [5.41, 5.74) is 8.00. The van der Waals surface area contributed by atoms with Crippen LogP contribution < -0.4 is 11.1 Å². The van der Waals surface area contributed by atoms with Gasteiger partial charge in [-0.3, -0.25) is 0 Å². The van der Waals surface area contributed by atoms with E-state index >= 15 is 0 Å². The normalized spacial score (nSPS) is 10.7. The van der Waals surface area contributed by atoms with Gasteiger partial charge in [0.05, 0.1) is 5.69 Å². The lowest BCUT2D eigenvalue weighted by molar-refractivity contribution is 0.194. The van der Waals surface area contributed by atoms with Gasteiger partial charge in [0.15, 0.2) is 11.6 Å². The molecule has 0 radical (unpaired) electrons. The molecule has 0 aliphatic carbocycles. The quantitative estimate of drug-likeness (QED) is 0.623. The van der Waals surface area contributed by atoms with Crippen molar-refractivity contribution in [3.63, 3.8) is 0 Å². The average molecular weight is 358 g/mol. The van der Waals surface area contributed by atoms with Gasteiger partial charge < -0.3 is 16.2 Å². The summed E-state index contributed by atoms with van der Waals surface area (Å²) in [5, 5.41) is 15.3. The van der Waals surface area contributed by atoms with Gasteiger partial charge in [-0.25, -0.2) is 18.3 Å². The first kappa shape index (κ1) is 17.4. The number of rotatable bonds is 4. The molecule has 0 saturated carbocycles. The molecule has 0 saturated heterocycles. The van der Waals surface area contributed by atoms with Crippen LogP contribution in [0.3, 0.4) is 0 Å². The van der Waals surface area contributed by atoms with Crippen molar-refractivity contribution < 1.29 is 18.7 Å². The molecule has 3 rings (SSSR count). The van der Waals surface area contributed by atoms with Gasteiger partial charge in [-0.15, -0.1) is 0 Å². The zero-order chi connectivity index (χ0) is 18.8. The predicted molar refractivity (Wildman–Crippen MR) is 92.9 cm³/mol. The van der Waals surface area contributed by atoms with Gasteiger partial charge in [-0.05, 0) is 42.3 Å². The Morgan fingerprint density at radius 2 is 1.92 bits per heavy atom. The number of nitrogens with two attached hydrogens (primary N) is 1. The zero-order valence-corrected chi connectivity index (χ0v) is 13.8. The number of nitrogens with zero attached hydrogens (tertiary/aromatic N) is 2. The molecule has 0 spiro atoms. The van der Waals surface area contributed by atoms with Crippen LogP contribution in [0.5, 0.6) is 0 Å². The molecule has 134 valence electrons. The molecule has 0 fully saturated rings. The largest absolute Gasteiger partial charge is 0.465 e. The van der Waals surface area contributed by atoms with Crippen molar-refractivity contribution in [1.29, 1.82) is 0 Å². The maximum atomic E-state index is 14.1. The Bertz CT molecular complexity index is 962. The number of benzene rings is 2. The van der Waals surface area contributed by atoms with Crippen LogP contribution in [-0.2, 0) is 6.54 Å². The molecule has 1 heterocycles. The smallest absolute Gasteiger partial charge is 0.404 e. The standard InChI is InChI=1S/C18H16F2N4O2/c1-10-2-3-11(6-12(10)9-22-18(25)26)16-4-5-24(23-16)17-14(19)7-13(21)8-15(17)20/h2-8,22H,9,21H2,1H3,(H,25,26). The summed E-state index contributed by atoms with van der Waals surface area (Å²) < 4.78 is 29.2. The highest BCUT2D eigenvalue weighted by Gasteiger charge is 2.15. The lowest BCUT2D eigenvalue weighted by Crippen LogP contribution is -2.20. The minimum atomic E-state index is -1.12. The molecule has 3 aromatic rings. The third kappa shape index (κ3) is 3.49. The molecule has 0 aliphatic rings. The molecule has 6 nitrogen and oxygen atoms in total. The summed E-state index contributed by atoms with van der Waals surface area (Å²) in [5.74, 6) is -1.63. The third-order valence-corrected chi connectivity index (χ3v) is 3.93. The van der Waals surface area contributed by atoms with Crippen molar-refractivity contribution in [3.05, 3.63) is 65.4 Å². The maximum absolute atomic E-state index is 14.1. The first-order chi connectivity index (χ1) is 12.3. The Labute approximate surface area is 147 Å². The van der Waals surface area contributed by atoms with Gasteiger partial charge in [0.2, 0.25) is 0 Å². The summed E-state index contributed by atoms with van der Waals surface area (Å²) in [6.07, 6.45) is 0.329. The number of aromatic nitrogens is 2. The van der Waals surface area contributed by atoms with Crippen molar-refractivity contribution >= 4 is 11.8 Å². The summed E-state index contributed by atoms with van der Waals surface area (Å²) >= 11 is 0. The first-order valence-corrected chi connectivity index (χ1v) is 7.72. The van der Waals surface area contributed by atoms with Crippen LogP contribution in [0.1, 0.15) is 11.1 Å². The van der Waals surface area contributed by atoms with E-state index in [0.29, 0.717) is 11.3 Å². The average Bonchev–Trinajstić information content (AvgIpc) is 3.02. The molecule has 1 amide bonds. The molecule has 8 heteroatoms. The van der Waals surface area contributed by atoms with Gasteiger partial charge >= 0.3 is 6.09 Å². The molecule has 0 bridgehead atoms. The predicted octanol–water partition coefficient (Wildman–Crippen LogP) is 3.48. The molecule has 4 N–H and O–H groups in total. The van der Waals surface area contributed by atoms with Gasteiger partial charge in [-0.1, -0.05) is 12.1 Å². The van der Waals surface area contributed by atoms with E-state index in [1.165, 1.54) is 6.20 Å². The highest BCUT2D eigenvalue weighted by molar-refractivity contribution is 5.65. The molecule has 0 unspecified atom stereocenters. The Morgan fingerprint density at radius 1 is 1.23 bits per heavy atom. The van der Waals surface area contributed by atoms with Crippen molar-refractivity contribution in [1.82, 2.24) is 15.1 Å². The lowest BCUT2D eigenvalue weighted by atomic mass is 10.0. The summed E-state index contributed by atoms with van der Waals surface area (Å²) in [6.45, 7) is 2.01. The SMILES string of the molecule is Cc1ccc(-c2ccn(-c3c(F)cc(N)cc3F)n2)cc1CNC(=O)O. The highest BCUT2D eigenvalue weighted by atomic mass is 19.1. The number of halogens is 2. The molecule has 1 aromatic heterocycles. The monoisotopic (exact) mass is 358 g/mol. The third-order valence-electron chi connectivity index (χ3n) is 3.93. The number of nitrogens with one attached hydrogen (secondary N) is 1. The number of nitrogen functional groups attached to an aromatic ring is 1. The molecule has 26 heavy (non-hydrogen) atoms. The number of aryl methyl sites for hydroxylation is 1. The van der Waals surface area contributed by atoms with E-state index in [-0.39, 0.29) is 17.9 Å². The van der Waals surface area contributed by atoms with Crippen molar-refractivity contribution in [2.24, 2.45) is 0 Å². The fourth-order valence-electron chi connectivity index (χ4n) is 2.60. The van der Waals surface area contributed by atoms with E-state index in [4.69, 9.17) is 10.8 Å². The van der Waals surface area contributed by atoms with Crippen molar-refractivity contribution in [3.8, 4) is 16.9 Å². The van der Waals surface area contributed by atoms with Crippen LogP contribution in [0, 0.1) is 18.6 Å². The van der Waals surface area contributed by atoms with Crippen LogP contribution in [0.4, 0.5) is 19.3 Å². The Morgan fingerprint density at radius 3 is 2.58 bits per heavy atom. The fraction of sp³-hybridized carbons (Fsp3) is 0.111. The molecule has 0 atom stereocenters. The number of amides is 1. The first-order valence-electron chi connectivity index (χ1n) is 7.72. The molecule has 0 aliphatic heterocycles. The van der Waals surface area contributed by atoms with E-state index in [2.05, 4.69) is 10.4 Å². The Hall–Kier alpha value is -3.42. The van der Waals surface area contributed by atoms with Gasteiger partial charge in [-0.2, -0.15) is 5.10 Å². The lowest BCUT2D eigenvalue weighted by Gasteiger charge is -2.08. The van der Waals surface area contributed by atoms with E-state index in [0.717, 1.165) is 27.9 Å². The second-order valence-electron chi connectivity index (χ2n) is 5.78. The van der Waals surface area contributed by atoms with Crippen LogP contribution >= 0.6 is 0 Å². The minimum Gasteiger partial charge on any atom is -0.465 e. The van der Waals surface area contributed by atoms with Crippen LogP contribution in [0.2, 0.25) is 0 Å². The number of hydrogen-bond donors (Lipinski definition) is 3. The fourth-order valence-corrected chi connectivity index (χ4v) is 2.60. The molecular formula is C18H16F2N4O2. The summed E-state index contributed by atoms with van der Waals surface area (Å²) in [7, 11) is 0.